The highest BCUT2D eigenvalue weighted by molar-refractivity contribution is 6.38. The van der Waals surface area contributed by atoms with Gasteiger partial charge >= 0.3 is 0 Å². The van der Waals surface area contributed by atoms with Crippen molar-refractivity contribution >= 4 is 34.9 Å². The fourth-order valence-electron chi connectivity index (χ4n) is 4.11. The molecule has 0 aliphatic carbocycles. The van der Waals surface area contributed by atoms with Crippen molar-refractivity contribution in [3.05, 3.63) is 68.3 Å². The molecule has 1 amide bonds. The average molecular weight is 500 g/mol. The van der Waals surface area contributed by atoms with Gasteiger partial charge in [-0.1, -0.05) is 23.2 Å². The molecule has 0 saturated carbocycles. The third-order valence-corrected chi connectivity index (χ3v) is 6.77. The molecule has 0 radical (unpaired) electrons. The van der Waals surface area contributed by atoms with E-state index in [2.05, 4.69) is 41.0 Å². The molecular weight excluding hydrogens is 473 g/mol. The lowest BCUT2D eigenvalue weighted by Crippen LogP contribution is -2.27. The van der Waals surface area contributed by atoms with Gasteiger partial charge in [0.05, 0.1) is 22.5 Å². The smallest absolute Gasteiger partial charge is 0.258 e. The van der Waals surface area contributed by atoms with Crippen LogP contribution in [0, 0.1) is 6.92 Å². The lowest BCUT2D eigenvalue weighted by atomic mass is 9.92. The lowest BCUT2D eigenvalue weighted by Gasteiger charge is -2.27. The number of amides is 1. The average Bonchev–Trinajstić information content (AvgIpc) is 2.79. The molecule has 0 atom stereocenters. The van der Waals surface area contributed by atoms with E-state index in [0.29, 0.717) is 21.8 Å². The zero-order valence-corrected chi connectivity index (χ0v) is 21.2. The van der Waals surface area contributed by atoms with E-state index in [-0.39, 0.29) is 29.2 Å². The van der Waals surface area contributed by atoms with Gasteiger partial charge in [-0.15, -0.1) is 0 Å². The molecule has 2 heterocycles. The molecule has 34 heavy (non-hydrogen) atoms. The van der Waals surface area contributed by atoms with Crippen LogP contribution in [0.2, 0.25) is 10.0 Å². The first-order valence-electron chi connectivity index (χ1n) is 10.9. The van der Waals surface area contributed by atoms with Gasteiger partial charge in [0, 0.05) is 43.3 Å². The molecule has 0 bridgehead atoms. The number of aryl methyl sites for hydroxylation is 1. The van der Waals surface area contributed by atoms with Gasteiger partial charge in [-0.25, -0.2) is 9.97 Å². The van der Waals surface area contributed by atoms with E-state index in [1.807, 2.05) is 0 Å². The zero-order chi connectivity index (χ0) is 24.6. The second-order valence-electron chi connectivity index (χ2n) is 8.74. The number of hydrogen-bond donors (Lipinski definition) is 1. The molecule has 1 aliphatic rings. The Morgan fingerprint density at radius 3 is 2.76 bits per heavy atom. The summed E-state index contributed by atoms with van der Waals surface area (Å²) in [5.74, 6) is 0.116. The second kappa shape index (κ2) is 9.78. The number of nitrogens with zero attached hydrogens (tertiary/aromatic N) is 4. The molecule has 2 N–H and O–H groups in total. The Kier molecular flexibility index (Phi) is 6.98. The highest BCUT2D eigenvalue weighted by Gasteiger charge is 2.20. The maximum absolute atomic E-state index is 12.4. The minimum atomic E-state index is -0.224. The predicted molar refractivity (Wildman–Crippen MR) is 135 cm³/mol. The van der Waals surface area contributed by atoms with E-state index >= 15 is 0 Å². The molecule has 3 aromatic rings. The molecule has 0 fully saturated rings. The SMILES string of the molecule is Cc1cc(-c2cnc(N)c(OCc3c(Cl)ccc(C(=O)N(C)C)c3Cl)n2)cc2c1CCN(C)C2. The molecule has 9 heteroatoms. The third kappa shape index (κ3) is 4.82. The Labute approximate surface area is 209 Å². The summed E-state index contributed by atoms with van der Waals surface area (Å²) in [7, 11) is 5.44. The molecular formula is C25H27Cl2N5O2. The molecule has 0 spiro atoms. The fraction of sp³-hybridized carbons (Fsp3) is 0.320. The Hall–Kier alpha value is -2.87. The minimum absolute atomic E-state index is 0.0114. The van der Waals surface area contributed by atoms with E-state index in [1.54, 1.807) is 32.4 Å². The number of aromatic nitrogens is 2. The van der Waals surface area contributed by atoms with Crippen LogP contribution in [0.25, 0.3) is 11.3 Å². The number of ether oxygens (including phenoxy) is 1. The van der Waals surface area contributed by atoms with Crippen molar-refractivity contribution < 1.29 is 9.53 Å². The highest BCUT2D eigenvalue weighted by atomic mass is 35.5. The van der Waals surface area contributed by atoms with Crippen LogP contribution >= 0.6 is 23.2 Å². The van der Waals surface area contributed by atoms with Crippen molar-refractivity contribution in [2.24, 2.45) is 0 Å². The van der Waals surface area contributed by atoms with Gasteiger partial charge in [0.1, 0.15) is 6.61 Å². The summed E-state index contributed by atoms with van der Waals surface area (Å²) in [6.45, 7) is 4.07. The fourth-order valence-corrected chi connectivity index (χ4v) is 4.67. The molecule has 0 unspecified atom stereocenters. The topological polar surface area (TPSA) is 84.6 Å². The van der Waals surface area contributed by atoms with E-state index in [0.717, 1.165) is 25.1 Å². The van der Waals surface area contributed by atoms with Crippen LogP contribution < -0.4 is 10.5 Å². The number of benzene rings is 2. The van der Waals surface area contributed by atoms with Gasteiger partial charge in [-0.2, -0.15) is 0 Å². The quantitative estimate of drug-likeness (QED) is 0.551. The summed E-state index contributed by atoms with van der Waals surface area (Å²) in [5, 5.41) is 0.626. The van der Waals surface area contributed by atoms with Crippen molar-refractivity contribution in [2.75, 3.05) is 33.4 Å². The Bertz CT molecular complexity index is 1260. The van der Waals surface area contributed by atoms with Crippen LogP contribution in [0.3, 0.4) is 0 Å². The second-order valence-corrected chi connectivity index (χ2v) is 9.53. The zero-order valence-electron chi connectivity index (χ0n) is 19.7. The number of anilines is 1. The van der Waals surface area contributed by atoms with Gasteiger partial charge in [0.15, 0.2) is 5.82 Å². The monoisotopic (exact) mass is 499 g/mol. The highest BCUT2D eigenvalue weighted by Crippen LogP contribution is 2.32. The number of nitrogen functional groups attached to an aromatic ring is 1. The number of halogens is 2. The third-order valence-electron chi connectivity index (χ3n) is 5.99. The summed E-state index contributed by atoms with van der Waals surface area (Å²) < 4.78 is 5.90. The summed E-state index contributed by atoms with van der Waals surface area (Å²) >= 11 is 12.9. The van der Waals surface area contributed by atoms with E-state index in [4.69, 9.17) is 33.7 Å². The van der Waals surface area contributed by atoms with Crippen molar-refractivity contribution in [3.8, 4) is 17.1 Å². The summed E-state index contributed by atoms with van der Waals surface area (Å²) in [5.41, 5.74) is 12.4. The molecule has 7 nitrogen and oxygen atoms in total. The van der Waals surface area contributed by atoms with Crippen LogP contribution in [0.5, 0.6) is 5.88 Å². The molecule has 1 aliphatic heterocycles. The van der Waals surface area contributed by atoms with Crippen molar-refractivity contribution in [1.82, 2.24) is 19.8 Å². The number of rotatable bonds is 5. The van der Waals surface area contributed by atoms with Crippen LogP contribution in [0.1, 0.15) is 32.6 Å². The Morgan fingerprint density at radius 1 is 1.26 bits per heavy atom. The first-order chi connectivity index (χ1) is 16.2. The number of nitrogens with two attached hydrogens (primary N) is 1. The number of carbonyl (C=O) groups excluding carboxylic acids is 1. The molecule has 4 rings (SSSR count). The van der Waals surface area contributed by atoms with Crippen LogP contribution in [0.15, 0.2) is 30.5 Å². The predicted octanol–water partition coefficient (Wildman–Crippen LogP) is 4.61. The maximum Gasteiger partial charge on any atom is 0.258 e. The number of carbonyl (C=O) groups is 1. The van der Waals surface area contributed by atoms with Gasteiger partial charge in [0.25, 0.3) is 11.8 Å². The van der Waals surface area contributed by atoms with E-state index < -0.39 is 0 Å². The van der Waals surface area contributed by atoms with E-state index in [9.17, 15) is 4.79 Å². The molecule has 1 aromatic heterocycles. The summed E-state index contributed by atoms with van der Waals surface area (Å²) in [4.78, 5) is 25.1. The van der Waals surface area contributed by atoms with Gasteiger partial charge < -0.3 is 20.3 Å². The molecule has 2 aromatic carbocycles. The number of likely N-dealkylation sites (N-methyl/N-ethyl adjacent to an activating group) is 1. The summed E-state index contributed by atoms with van der Waals surface area (Å²) in [6.07, 6.45) is 2.68. The van der Waals surface area contributed by atoms with Crippen LogP contribution in [-0.4, -0.2) is 53.4 Å². The first-order valence-corrected chi connectivity index (χ1v) is 11.7. The maximum atomic E-state index is 12.4. The first kappa shape index (κ1) is 24.3. The summed E-state index contributed by atoms with van der Waals surface area (Å²) in [6, 6.07) is 7.51. The largest absolute Gasteiger partial charge is 0.470 e. The number of fused-ring (bicyclic) bond motifs is 1. The minimum Gasteiger partial charge on any atom is -0.470 e. The van der Waals surface area contributed by atoms with Crippen molar-refractivity contribution in [1.29, 1.82) is 0 Å². The normalized spacial score (nSPS) is 13.5. The van der Waals surface area contributed by atoms with Crippen molar-refractivity contribution in [2.45, 2.75) is 26.5 Å². The molecule has 178 valence electrons. The molecule has 0 saturated heterocycles. The van der Waals surface area contributed by atoms with Crippen LogP contribution in [-0.2, 0) is 19.6 Å². The van der Waals surface area contributed by atoms with E-state index in [1.165, 1.54) is 21.6 Å². The Balaban J connectivity index is 1.63. The van der Waals surface area contributed by atoms with Crippen LogP contribution in [0.4, 0.5) is 5.82 Å². The Morgan fingerprint density at radius 2 is 2.03 bits per heavy atom. The number of hydrogen-bond acceptors (Lipinski definition) is 6. The van der Waals surface area contributed by atoms with Crippen molar-refractivity contribution in [3.63, 3.8) is 0 Å². The van der Waals surface area contributed by atoms with Gasteiger partial charge in [0.2, 0.25) is 0 Å². The standard InChI is InChI=1S/C25H27Cl2N5O2/c1-14-9-15(10-16-12-32(4)8-7-17(14)16)21-11-29-23(28)24(30-21)34-13-19-20(26)6-5-18(22(19)27)25(33)31(2)3/h5-6,9-11H,7-8,12-13H2,1-4H3,(H2,28,29). The lowest BCUT2D eigenvalue weighted by molar-refractivity contribution is 0.0827. The van der Waals surface area contributed by atoms with Gasteiger partial charge in [-0.05, 0) is 61.3 Å². The van der Waals surface area contributed by atoms with Gasteiger partial charge in [-0.3, -0.25) is 4.79 Å².